The van der Waals surface area contributed by atoms with E-state index in [2.05, 4.69) is 15.0 Å². The molecule has 2 heterocycles. The van der Waals surface area contributed by atoms with Crippen molar-refractivity contribution in [1.29, 1.82) is 0 Å². The lowest BCUT2D eigenvalue weighted by atomic mass is 10.1. The van der Waals surface area contributed by atoms with E-state index in [4.69, 9.17) is 4.74 Å². The van der Waals surface area contributed by atoms with E-state index < -0.39 is 24.2 Å². The van der Waals surface area contributed by atoms with E-state index in [-0.39, 0.29) is 29.5 Å². The van der Waals surface area contributed by atoms with Gasteiger partial charge in [0.25, 0.3) is 0 Å². The molecule has 3 atom stereocenters. The quantitative estimate of drug-likeness (QED) is 0.592. The third-order valence-electron chi connectivity index (χ3n) is 6.31. The van der Waals surface area contributed by atoms with Gasteiger partial charge < -0.3 is 4.74 Å². The molecule has 1 aromatic carbocycles. The molecule has 2 aliphatic rings. The Labute approximate surface area is 183 Å². The van der Waals surface area contributed by atoms with Gasteiger partial charge in [0, 0.05) is 36.7 Å². The highest BCUT2D eigenvalue weighted by atomic mass is 19.4. The Morgan fingerprint density at radius 3 is 2.66 bits per heavy atom. The molecule has 1 aliphatic heterocycles. The van der Waals surface area contributed by atoms with Gasteiger partial charge in [-0.2, -0.15) is 18.3 Å². The maximum atomic E-state index is 14.1. The molecule has 2 aromatic rings. The summed E-state index contributed by atoms with van der Waals surface area (Å²) in [5, 5.41) is 4.49. The number of morpholine rings is 1. The van der Waals surface area contributed by atoms with Crippen LogP contribution in [0, 0.1) is 5.82 Å². The van der Waals surface area contributed by atoms with E-state index in [1.165, 1.54) is 6.07 Å². The topological polar surface area (TPSA) is 43.2 Å². The van der Waals surface area contributed by atoms with E-state index in [1.54, 1.807) is 4.68 Å². The number of nitrogens with zero attached hydrogens (tertiary/aromatic N) is 4. The average Bonchev–Trinajstić information content (AvgIpc) is 3.40. The van der Waals surface area contributed by atoms with Gasteiger partial charge in [-0.25, -0.2) is 18.4 Å². The minimum atomic E-state index is -4.75. The molecule has 1 saturated heterocycles. The second-order valence-electron chi connectivity index (χ2n) is 8.83. The third kappa shape index (κ3) is 4.66. The Balaban J connectivity index is 1.56. The Bertz CT molecular complexity index is 945. The first-order valence-corrected chi connectivity index (χ1v) is 10.9. The number of hydrogen-bond acceptors (Lipinski definition) is 4. The molecule has 2 fully saturated rings. The number of rotatable bonds is 5. The van der Waals surface area contributed by atoms with Gasteiger partial charge in [-0.05, 0) is 45.2 Å². The van der Waals surface area contributed by atoms with Gasteiger partial charge in [0.05, 0.1) is 18.3 Å². The Hall–Kier alpha value is -2.07. The molecule has 10 heteroatoms. The highest BCUT2D eigenvalue weighted by molar-refractivity contribution is 5.56. The molecule has 0 unspecified atom stereocenters. The van der Waals surface area contributed by atoms with Crippen LogP contribution in [-0.2, 0) is 10.9 Å². The van der Waals surface area contributed by atoms with E-state index >= 15 is 0 Å². The second-order valence-corrected chi connectivity index (χ2v) is 8.83. The number of hydrogen-bond donors (Lipinski definition) is 0. The monoisotopic (exact) mass is 458 g/mol. The molecule has 176 valence electrons. The van der Waals surface area contributed by atoms with Crippen molar-refractivity contribution >= 4 is 0 Å². The van der Waals surface area contributed by atoms with Gasteiger partial charge in [-0.3, -0.25) is 4.90 Å². The van der Waals surface area contributed by atoms with Crippen molar-refractivity contribution < 1.29 is 26.7 Å². The molecule has 1 aliphatic carbocycles. The number of aromatic nitrogens is 3. The highest BCUT2D eigenvalue weighted by Crippen LogP contribution is 2.39. The predicted molar refractivity (Wildman–Crippen MR) is 108 cm³/mol. The van der Waals surface area contributed by atoms with Crippen LogP contribution in [0.4, 0.5) is 22.0 Å². The van der Waals surface area contributed by atoms with Crippen LogP contribution >= 0.6 is 0 Å². The van der Waals surface area contributed by atoms with Crippen LogP contribution in [0.1, 0.15) is 56.5 Å². The van der Waals surface area contributed by atoms with Crippen molar-refractivity contribution in [2.75, 3.05) is 26.4 Å². The molecule has 0 N–H and O–H groups in total. The van der Waals surface area contributed by atoms with Gasteiger partial charge >= 0.3 is 6.18 Å². The van der Waals surface area contributed by atoms with Crippen molar-refractivity contribution in [3.05, 3.63) is 35.4 Å². The zero-order valence-electron chi connectivity index (χ0n) is 18.1. The van der Waals surface area contributed by atoms with E-state index in [0.717, 1.165) is 43.8 Å². The average molecular weight is 458 g/mol. The Morgan fingerprint density at radius 2 is 2.00 bits per heavy atom. The Kier molecular flexibility index (Phi) is 6.53. The summed E-state index contributed by atoms with van der Waals surface area (Å²) in [6, 6.07) is 3.06. The van der Waals surface area contributed by atoms with Gasteiger partial charge in [-0.15, -0.1) is 0 Å². The number of alkyl halides is 4. The SMILES string of the molecule is CC(C)n1nc(-c2ccc(C(F)(F)F)c(F)c2)nc1[C@H]1CC[C@@H](N2CCO[C@H](CF)C2)C1. The lowest BCUT2D eigenvalue weighted by molar-refractivity contribution is -0.139. The smallest absolute Gasteiger partial charge is 0.373 e. The molecule has 4 rings (SSSR count). The number of halogens is 5. The fourth-order valence-electron chi connectivity index (χ4n) is 4.69. The second kappa shape index (κ2) is 9.05. The summed E-state index contributed by atoms with van der Waals surface area (Å²) < 4.78 is 73.0. The zero-order valence-corrected chi connectivity index (χ0v) is 18.1. The maximum absolute atomic E-state index is 14.1. The molecule has 5 nitrogen and oxygen atoms in total. The molecule has 0 radical (unpaired) electrons. The fourth-order valence-corrected chi connectivity index (χ4v) is 4.69. The van der Waals surface area contributed by atoms with Gasteiger partial charge in [0.15, 0.2) is 5.82 Å². The zero-order chi connectivity index (χ0) is 23.0. The van der Waals surface area contributed by atoms with Crippen LogP contribution < -0.4 is 0 Å². The predicted octanol–water partition coefficient (Wildman–Crippen LogP) is 4.99. The van der Waals surface area contributed by atoms with Gasteiger partial charge in [0.2, 0.25) is 0 Å². The fraction of sp³-hybridized carbons (Fsp3) is 0.636. The van der Waals surface area contributed by atoms with Crippen molar-refractivity contribution in [1.82, 2.24) is 19.7 Å². The minimum absolute atomic E-state index is 0.0103. The summed E-state index contributed by atoms with van der Waals surface area (Å²) in [5.41, 5.74) is -1.09. The molecule has 1 saturated carbocycles. The van der Waals surface area contributed by atoms with Crippen LogP contribution in [0.15, 0.2) is 18.2 Å². The first-order chi connectivity index (χ1) is 15.2. The highest BCUT2D eigenvalue weighted by Gasteiger charge is 2.37. The van der Waals surface area contributed by atoms with Crippen LogP contribution in [0.3, 0.4) is 0 Å². The molecule has 0 bridgehead atoms. The summed E-state index contributed by atoms with van der Waals surface area (Å²) in [6.07, 6.45) is -2.47. The lowest BCUT2D eigenvalue weighted by Gasteiger charge is -2.36. The van der Waals surface area contributed by atoms with Crippen molar-refractivity contribution in [3.8, 4) is 11.4 Å². The van der Waals surface area contributed by atoms with E-state index in [9.17, 15) is 22.0 Å². The summed E-state index contributed by atoms with van der Waals surface area (Å²) >= 11 is 0. The first kappa shape index (κ1) is 23.1. The van der Waals surface area contributed by atoms with Crippen LogP contribution in [-0.4, -0.2) is 58.2 Å². The van der Waals surface area contributed by atoms with Crippen LogP contribution in [0.2, 0.25) is 0 Å². The standard InChI is InChI=1S/C22H27F5N4O/c1-13(2)31-21(15-3-5-16(9-15)30-7-8-32-17(11-23)12-30)28-20(29-31)14-4-6-18(19(24)10-14)22(25,26)27/h4,6,10,13,15-17H,3,5,7-9,11-12H2,1-2H3/t15-,16+,17+/m0/s1. The third-order valence-corrected chi connectivity index (χ3v) is 6.31. The summed E-state index contributed by atoms with van der Waals surface area (Å²) in [5.74, 6) is -0.246. The largest absolute Gasteiger partial charge is 0.419 e. The van der Waals surface area contributed by atoms with Crippen molar-refractivity contribution in [3.63, 3.8) is 0 Å². The molecule has 1 aromatic heterocycles. The van der Waals surface area contributed by atoms with E-state index in [1.807, 2.05) is 13.8 Å². The van der Waals surface area contributed by atoms with Crippen molar-refractivity contribution in [2.45, 2.75) is 63.4 Å². The molecule has 32 heavy (non-hydrogen) atoms. The normalized spacial score (nSPS) is 25.1. The van der Waals surface area contributed by atoms with Crippen LogP contribution in [0.5, 0.6) is 0 Å². The molecule has 0 spiro atoms. The number of ether oxygens (including phenoxy) is 1. The molecule has 0 amide bonds. The summed E-state index contributed by atoms with van der Waals surface area (Å²) in [7, 11) is 0. The van der Waals surface area contributed by atoms with E-state index in [0.29, 0.717) is 19.2 Å². The first-order valence-electron chi connectivity index (χ1n) is 10.9. The molecular formula is C22H27F5N4O. The number of benzene rings is 1. The summed E-state index contributed by atoms with van der Waals surface area (Å²) in [6.45, 7) is 5.26. The Morgan fingerprint density at radius 1 is 1.22 bits per heavy atom. The lowest BCUT2D eigenvalue weighted by Crippen LogP contribution is -2.47. The molecular weight excluding hydrogens is 431 g/mol. The minimum Gasteiger partial charge on any atom is -0.373 e. The summed E-state index contributed by atoms with van der Waals surface area (Å²) in [4.78, 5) is 6.90. The van der Waals surface area contributed by atoms with Gasteiger partial charge in [0.1, 0.15) is 18.3 Å². The van der Waals surface area contributed by atoms with Gasteiger partial charge in [-0.1, -0.05) is 6.07 Å². The van der Waals surface area contributed by atoms with Crippen molar-refractivity contribution in [2.24, 2.45) is 0 Å². The maximum Gasteiger partial charge on any atom is 0.419 e. The van der Waals surface area contributed by atoms with Crippen LogP contribution in [0.25, 0.3) is 11.4 Å².